The number of aryl methyl sites for hydroxylation is 2. The van der Waals surface area contributed by atoms with Crippen molar-refractivity contribution in [3.05, 3.63) is 47.2 Å². The van der Waals surface area contributed by atoms with Crippen molar-refractivity contribution in [1.29, 1.82) is 0 Å². The number of hydrogen-bond donors (Lipinski definition) is 1. The highest BCUT2D eigenvalue weighted by Gasteiger charge is 2.11. The highest BCUT2D eigenvalue weighted by atomic mass is 16.3. The van der Waals surface area contributed by atoms with E-state index in [1.807, 2.05) is 0 Å². The second-order valence-electron chi connectivity index (χ2n) is 5.25. The predicted octanol–water partition coefficient (Wildman–Crippen LogP) is 4.62. The van der Waals surface area contributed by atoms with Gasteiger partial charge in [-0.05, 0) is 58.0 Å². The van der Waals surface area contributed by atoms with Crippen LogP contribution in [0.2, 0.25) is 0 Å². The fraction of sp³-hybridized carbons (Fsp3) is 0.412. The van der Waals surface area contributed by atoms with Crippen LogP contribution in [-0.2, 0) is 0 Å². The van der Waals surface area contributed by atoms with Gasteiger partial charge in [0, 0.05) is 5.56 Å². The van der Waals surface area contributed by atoms with Gasteiger partial charge in [0.15, 0.2) is 0 Å². The Morgan fingerprint density at radius 1 is 1.11 bits per heavy atom. The third kappa shape index (κ3) is 3.48. The first-order valence-corrected chi connectivity index (χ1v) is 7.02. The van der Waals surface area contributed by atoms with E-state index in [-0.39, 0.29) is 6.04 Å². The van der Waals surface area contributed by atoms with Crippen molar-refractivity contribution in [3.63, 3.8) is 0 Å². The maximum atomic E-state index is 5.98. The second kappa shape index (κ2) is 6.07. The van der Waals surface area contributed by atoms with Crippen LogP contribution < -0.4 is 5.32 Å². The summed E-state index contributed by atoms with van der Waals surface area (Å²) in [6, 6.07) is 10.9. The normalized spacial score (nSPS) is 12.6. The molecule has 0 saturated heterocycles. The topological polar surface area (TPSA) is 25.2 Å². The Morgan fingerprint density at radius 3 is 2.42 bits per heavy atom. The van der Waals surface area contributed by atoms with Gasteiger partial charge < -0.3 is 9.73 Å². The molecule has 2 aromatic rings. The molecule has 1 aromatic carbocycles. The SMILES string of the molecule is CCCNC(C)c1ccc(-c2cc(C)cc(C)c2)o1. The van der Waals surface area contributed by atoms with Crippen LogP contribution in [0.25, 0.3) is 11.3 Å². The molecule has 1 unspecified atom stereocenters. The van der Waals surface area contributed by atoms with Gasteiger partial charge in [-0.2, -0.15) is 0 Å². The zero-order valence-electron chi connectivity index (χ0n) is 12.3. The zero-order chi connectivity index (χ0) is 13.8. The van der Waals surface area contributed by atoms with Crippen LogP contribution in [0.15, 0.2) is 34.7 Å². The van der Waals surface area contributed by atoms with E-state index in [0.717, 1.165) is 30.0 Å². The Morgan fingerprint density at radius 2 is 1.79 bits per heavy atom. The molecule has 102 valence electrons. The lowest BCUT2D eigenvalue weighted by Crippen LogP contribution is -2.18. The zero-order valence-corrected chi connectivity index (χ0v) is 12.3. The molecule has 0 radical (unpaired) electrons. The van der Waals surface area contributed by atoms with Gasteiger partial charge in [0.25, 0.3) is 0 Å². The molecule has 0 aliphatic carbocycles. The van der Waals surface area contributed by atoms with E-state index in [4.69, 9.17) is 4.42 Å². The summed E-state index contributed by atoms with van der Waals surface area (Å²) in [6.07, 6.45) is 1.13. The van der Waals surface area contributed by atoms with Crippen LogP contribution in [0.1, 0.15) is 43.2 Å². The maximum absolute atomic E-state index is 5.98. The molecule has 0 fully saturated rings. The quantitative estimate of drug-likeness (QED) is 0.845. The first kappa shape index (κ1) is 13.9. The Labute approximate surface area is 115 Å². The number of hydrogen-bond acceptors (Lipinski definition) is 2. The fourth-order valence-corrected chi connectivity index (χ4v) is 2.32. The molecule has 19 heavy (non-hydrogen) atoms. The molecule has 0 amide bonds. The largest absolute Gasteiger partial charge is 0.459 e. The molecule has 2 rings (SSSR count). The van der Waals surface area contributed by atoms with Crippen molar-refractivity contribution in [3.8, 4) is 11.3 Å². The Kier molecular flexibility index (Phi) is 4.43. The minimum absolute atomic E-state index is 0.264. The number of furan rings is 1. The van der Waals surface area contributed by atoms with Crippen molar-refractivity contribution >= 4 is 0 Å². The molecular weight excluding hydrogens is 234 g/mol. The van der Waals surface area contributed by atoms with E-state index in [1.165, 1.54) is 11.1 Å². The molecule has 0 spiro atoms. The predicted molar refractivity (Wildman–Crippen MR) is 80.3 cm³/mol. The van der Waals surface area contributed by atoms with Crippen LogP contribution in [0.3, 0.4) is 0 Å². The summed E-state index contributed by atoms with van der Waals surface area (Å²) in [5, 5.41) is 3.44. The standard InChI is InChI=1S/C17H23NO/c1-5-8-18-14(4)16-6-7-17(19-16)15-10-12(2)9-13(3)11-15/h6-7,9-11,14,18H,5,8H2,1-4H3. The van der Waals surface area contributed by atoms with Gasteiger partial charge in [0.2, 0.25) is 0 Å². The van der Waals surface area contributed by atoms with E-state index in [0.29, 0.717) is 0 Å². The van der Waals surface area contributed by atoms with Crippen molar-refractivity contribution in [2.75, 3.05) is 6.54 Å². The average Bonchev–Trinajstić information content (AvgIpc) is 2.84. The van der Waals surface area contributed by atoms with Crippen LogP contribution in [-0.4, -0.2) is 6.54 Å². The Hall–Kier alpha value is -1.54. The molecule has 1 heterocycles. The Balaban J connectivity index is 2.20. The molecule has 0 bridgehead atoms. The number of rotatable bonds is 5. The van der Waals surface area contributed by atoms with Crippen molar-refractivity contribution < 1.29 is 4.42 Å². The lowest BCUT2D eigenvalue weighted by Gasteiger charge is -2.10. The van der Waals surface area contributed by atoms with Gasteiger partial charge in [0.05, 0.1) is 6.04 Å². The highest BCUT2D eigenvalue weighted by molar-refractivity contribution is 5.60. The maximum Gasteiger partial charge on any atom is 0.134 e. The van der Waals surface area contributed by atoms with E-state index in [9.17, 15) is 0 Å². The molecule has 1 N–H and O–H groups in total. The van der Waals surface area contributed by atoms with Crippen molar-refractivity contribution in [2.45, 2.75) is 40.2 Å². The first-order chi connectivity index (χ1) is 9.10. The molecule has 1 aromatic heterocycles. The summed E-state index contributed by atoms with van der Waals surface area (Å²) < 4.78 is 5.98. The van der Waals surface area contributed by atoms with Gasteiger partial charge in [0.1, 0.15) is 11.5 Å². The van der Waals surface area contributed by atoms with Gasteiger partial charge in [-0.1, -0.05) is 24.1 Å². The van der Waals surface area contributed by atoms with Gasteiger partial charge in [-0.15, -0.1) is 0 Å². The third-order valence-corrected chi connectivity index (χ3v) is 3.26. The molecule has 1 atom stereocenters. The second-order valence-corrected chi connectivity index (χ2v) is 5.25. The minimum Gasteiger partial charge on any atom is -0.459 e. The number of nitrogens with one attached hydrogen (secondary N) is 1. The molecule has 0 aliphatic rings. The summed E-state index contributed by atoms with van der Waals surface area (Å²) in [6.45, 7) is 9.56. The van der Waals surface area contributed by atoms with Crippen LogP contribution in [0.5, 0.6) is 0 Å². The summed E-state index contributed by atoms with van der Waals surface area (Å²) in [4.78, 5) is 0. The lowest BCUT2D eigenvalue weighted by atomic mass is 10.1. The summed E-state index contributed by atoms with van der Waals surface area (Å²) in [7, 11) is 0. The fourth-order valence-electron chi connectivity index (χ4n) is 2.32. The first-order valence-electron chi connectivity index (χ1n) is 7.02. The third-order valence-electron chi connectivity index (χ3n) is 3.26. The van der Waals surface area contributed by atoms with Crippen LogP contribution in [0, 0.1) is 13.8 Å². The lowest BCUT2D eigenvalue weighted by molar-refractivity contribution is 0.439. The molecule has 0 aliphatic heterocycles. The number of benzene rings is 1. The highest BCUT2D eigenvalue weighted by Crippen LogP contribution is 2.26. The monoisotopic (exact) mass is 257 g/mol. The molecular formula is C17H23NO. The van der Waals surface area contributed by atoms with Crippen LogP contribution in [0.4, 0.5) is 0 Å². The summed E-state index contributed by atoms with van der Waals surface area (Å²) >= 11 is 0. The van der Waals surface area contributed by atoms with E-state index < -0.39 is 0 Å². The Bertz CT molecular complexity index is 522. The van der Waals surface area contributed by atoms with Crippen molar-refractivity contribution in [1.82, 2.24) is 5.32 Å². The van der Waals surface area contributed by atoms with E-state index >= 15 is 0 Å². The van der Waals surface area contributed by atoms with E-state index in [2.05, 4.69) is 63.3 Å². The summed E-state index contributed by atoms with van der Waals surface area (Å²) in [5.41, 5.74) is 3.70. The average molecular weight is 257 g/mol. The minimum atomic E-state index is 0.264. The van der Waals surface area contributed by atoms with Crippen molar-refractivity contribution in [2.24, 2.45) is 0 Å². The smallest absolute Gasteiger partial charge is 0.134 e. The van der Waals surface area contributed by atoms with Gasteiger partial charge >= 0.3 is 0 Å². The van der Waals surface area contributed by atoms with Crippen LogP contribution >= 0.6 is 0 Å². The molecule has 2 heteroatoms. The van der Waals surface area contributed by atoms with E-state index in [1.54, 1.807) is 0 Å². The molecule has 2 nitrogen and oxygen atoms in total. The molecule has 0 saturated carbocycles. The van der Waals surface area contributed by atoms with Gasteiger partial charge in [-0.3, -0.25) is 0 Å². The van der Waals surface area contributed by atoms with Gasteiger partial charge in [-0.25, -0.2) is 0 Å². The summed E-state index contributed by atoms with van der Waals surface area (Å²) in [5.74, 6) is 1.95.